The summed E-state index contributed by atoms with van der Waals surface area (Å²) < 4.78 is 10.9. The third-order valence-electron chi connectivity index (χ3n) is 6.82. The Morgan fingerprint density at radius 3 is 2.36 bits per heavy atom. The molecule has 42 heavy (non-hydrogen) atoms. The molecule has 0 bridgehead atoms. The van der Waals surface area contributed by atoms with Crippen molar-refractivity contribution in [2.24, 2.45) is 0 Å². The van der Waals surface area contributed by atoms with Gasteiger partial charge in [0.2, 0.25) is 0 Å². The minimum atomic E-state index is -2.01. The van der Waals surface area contributed by atoms with Gasteiger partial charge in [-0.3, -0.25) is 4.79 Å². The van der Waals surface area contributed by atoms with Crippen LogP contribution in [0, 0.1) is 0 Å². The fraction of sp³-hybridized carbons (Fsp3) is 0.250. The maximum absolute atomic E-state index is 11.9. The van der Waals surface area contributed by atoms with Gasteiger partial charge < -0.3 is 19.9 Å². The van der Waals surface area contributed by atoms with Crippen LogP contribution in [0.4, 0.5) is 0 Å². The molecular formula is C32H29Cl3N2O4S. The van der Waals surface area contributed by atoms with Crippen molar-refractivity contribution in [2.45, 2.75) is 46.9 Å². The van der Waals surface area contributed by atoms with E-state index in [2.05, 4.69) is 10.3 Å². The predicted octanol–water partition coefficient (Wildman–Crippen LogP) is 7.57. The Morgan fingerprint density at radius 2 is 1.67 bits per heavy atom. The van der Waals surface area contributed by atoms with Gasteiger partial charge in [0.1, 0.15) is 0 Å². The molecule has 1 amide bonds. The third-order valence-corrected chi connectivity index (χ3v) is 8.41. The Kier molecular flexibility index (Phi) is 10.4. The van der Waals surface area contributed by atoms with Crippen LogP contribution in [0.25, 0.3) is 11.1 Å². The number of carbonyl (C=O) groups excluding carboxylic acids is 1. The normalized spacial score (nSPS) is 18.9. The van der Waals surface area contributed by atoms with Crippen LogP contribution in [-0.2, 0) is 27.4 Å². The average Bonchev–Trinajstić information content (AvgIpc) is 3.03. The molecule has 3 atom stereocenters. The molecule has 10 heteroatoms. The SMILES string of the molecule is O=C(NCc1cccc(-c2ccc(C3OC(CSc4ccccn4)CC(c4ccc(CO)cc4)O3)cc2)c1)C(Cl)(Cl)Cl. The van der Waals surface area contributed by atoms with Crippen molar-refractivity contribution in [3.8, 4) is 11.1 Å². The summed E-state index contributed by atoms with van der Waals surface area (Å²) in [4.78, 5) is 16.3. The first kappa shape index (κ1) is 30.8. The number of pyridine rings is 1. The Hall–Kier alpha value is -2.62. The maximum Gasteiger partial charge on any atom is 0.272 e. The lowest BCUT2D eigenvalue weighted by atomic mass is 9.99. The van der Waals surface area contributed by atoms with E-state index in [1.54, 1.807) is 18.0 Å². The van der Waals surface area contributed by atoms with Gasteiger partial charge in [0.15, 0.2) is 6.29 Å². The van der Waals surface area contributed by atoms with Crippen molar-refractivity contribution >= 4 is 52.5 Å². The van der Waals surface area contributed by atoms with E-state index < -0.39 is 16.0 Å². The van der Waals surface area contributed by atoms with Gasteiger partial charge in [0, 0.05) is 30.5 Å². The van der Waals surface area contributed by atoms with Gasteiger partial charge >= 0.3 is 0 Å². The van der Waals surface area contributed by atoms with E-state index in [1.807, 2.05) is 91.0 Å². The zero-order valence-electron chi connectivity index (χ0n) is 22.5. The highest BCUT2D eigenvalue weighted by atomic mass is 35.6. The summed E-state index contributed by atoms with van der Waals surface area (Å²) in [5.41, 5.74) is 5.68. The Balaban J connectivity index is 1.31. The number of rotatable bonds is 9. The van der Waals surface area contributed by atoms with Crippen molar-refractivity contribution < 1.29 is 19.4 Å². The standard InChI is InChI=1S/C32H29Cl3N2O4S/c33-32(34,35)31(39)37-18-22-4-3-5-26(16-22)23-11-13-25(14-12-23)30-40-27(20-42-29-6-1-2-15-36-29)17-28(41-30)24-9-7-21(19-38)8-10-24/h1-16,27-28,30,38H,17-20H2,(H,37,39). The molecule has 2 N–H and O–H groups in total. The number of aliphatic hydroxyl groups is 1. The molecule has 1 saturated heterocycles. The van der Waals surface area contributed by atoms with Gasteiger partial charge in [0.25, 0.3) is 9.70 Å². The van der Waals surface area contributed by atoms with Crippen LogP contribution in [0.2, 0.25) is 0 Å². The number of alkyl halides is 3. The lowest BCUT2D eigenvalue weighted by molar-refractivity contribution is -0.245. The molecule has 1 aliphatic heterocycles. The van der Waals surface area contributed by atoms with Gasteiger partial charge in [-0.05, 0) is 46.0 Å². The molecule has 6 nitrogen and oxygen atoms in total. The van der Waals surface area contributed by atoms with Gasteiger partial charge in [-0.15, -0.1) is 11.8 Å². The summed E-state index contributed by atoms with van der Waals surface area (Å²) in [6, 6.07) is 29.6. The summed E-state index contributed by atoms with van der Waals surface area (Å²) in [7, 11) is 0. The van der Waals surface area contributed by atoms with Crippen molar-refractivity contribution in [1.29, 1.82) is 0 Å². The molecule has 0 aliphatic carbocycles. The second kappa shape index (κ2) is 14.2. The minimum Gasteiger partial charge on any atom is -0.392 e. The van der Waals surface area contributed by atoms with Gasteiger partial charge in [0.05, 0.1) is 23.8 Å². The molecule has 1 aromatic heterocycles. The van der Waals surface area contributed by atoms with Crippen molar-refractivity contribution in [3.63, 3.8) is 0 Å². The third kappa shape index (κ3) is 8.26. The second-order valence-electron chi connectivity index (χ2n) is 9.83. The Bertz CT molecular complexity index is 1470. The number of amides is 1. The van der Waals surface area contributed by atoms with Crippen LogP contribution in [0.15, 0.2) is 102 Å². The molecular weight excluding hydrogens is 615 g/mol. The summed E-state index contributed by atoms with van der Waals surface area (Å²) in [5.74, 6) is 0.0658. The molecule has 4 aromatic rings. The molecule has 3 unspecified atom stereocenters. The van der Waals surface area contributed by atoms with E-state index in [0.29, 0.717) is 6.42 Å². The first-order valence-corrected chi connectivity index (χ1v) is 15.5. The Morgan fingerprint density at radius 1 is 0.905 bits per heavy atom. The number of carbonyl (C=O) groups is 1. The lowest BCUT2D eigenvalue weighted by Crippen LogP contribution is -2.33. The van der Waals surface area contributed by atoms with E-state index in [1.165, 1.54) is 0 Å². The maximum atomic E-state index is 11.9. The molecule has 218 valence electrons. The van der Waals surface area contributed by atoms with E-state index >= 15 is 0 Å². The molecule has 0 saturated carbocycles. The highest BCUT2D eigenvalue weighted by molar-refractivity contribution is 7.99. The van der Waals surface area contributed by atoms with Gasteiger partial charge in [-0.1, -0.05) is 108 Å². The van der Waals surface area contributed by atoms with E-state index in [4.69, 9.17) is 44.3 Å². The van der Waals surface area contributed by atoms with E-state index in [-0.39, 0.29) is 25.4 Å². The van der Waals surface area contributed by atoms with Crippen LogP contribution in [0.1, 0.15) is 41.1 Å². The zero-order valence-corrected chi connectivity index (χ0v) is 25.5. The van der Waals surface area contributed by atoms with Gasteiger partial charge in [-0.25, -0.2) is 4.98 Å². The monoisotopic (exact) mass is 642 g/mol. The topological polar surface area (TPSA) is 80.7 Å². The number of benzene rings is 3. The van der Waals surface area contributed by atoms with Crippen LogP contribution in [0.5, 0.6) is 0 Å². The summed E-state index contributed by atoms with van der Waals surface area (Å²) in [5, 5.41) is 13.0. The minimum absolute atomic E-state index is 0.000267. The number of hydrogen-bond acceptors (Lipinski definition) is 6. The number of hydrogen-bond donors (Lipinski definition) is 2. The fourth-order valence-electron chi connectivity index (χ4n) is 4.61. The molecule has 3 aromatic carbocycles. The summed E-state index contributed by atoms with van der Waals surface area (Å²) in [6.07, 6.45) is 1.73. The first-order valence-electron chi connectivity index (χ1n) is 13.4. The molecule has 0 radical (unpaired) electrons. The number of aliphatic hydroxyl groups excluding tert-OH is 1. The van der Waals surface area contributed by atoms with Crippen LogP contribution < -0.4 is 5.32 Å². The van der Waals surface area contributed by atoms with E-state index in [9.17, 15) is 9.90 Å². The molecule has 1 fully saturated rings. The molecule has 5 rings (SSSR count). The van der Waals surface area contributed by atoms with Crippen LogP contribution >= 0.6 is 46.6 Å². The van der Waals surface area contributed by atoms with Crippen LogP contribution in [0.3, 0.4) is 0 Å². The quantitative estimate of drug-likeness (QED) is 0.145. The molecule has 1 aliphatic rings. The average molecular weight is 644 g/mol. The first-order chi connectivity index (χ1) is 20.3. The van der Waals surface area contributed by atoms with Crippen molar-refractivity contribution in [1.82, 2.24) is 10.3 Å². The van der Waals surface area contributed by atoms with E-state index in [0.717, 1.165) is 44.2 Å². The number of nitrogens with zero attached hydrogens (tertiary/aromatic N) is 1. The summed E-state index contributed by atoms with van der Waals surface area (Å²) in [6.45, 7) is 0.237. The largest absolute Gasteiger partial charge is 0.392 e. The number of thioether (sulfide) groups is 1. The number of ether oxygens (including phenoxy) is 2. The number of aromatic nitrogens is 1. The number of nitrogens with one attached hydrogen (secondary N) is 1. The smallest absolute Gasteiger partial charge is 0.272 e. The molecule has 2 heterocycles. The summed E-state index contributed by atoms with van der Waals surface area (Å²) >= 11 is 18.6. The van der Waals surface area contributed by atoms with Crippen LogP contribution in [-0.4, -0.2) is 31.6 Å². The fourth-order valence-corrected chi connectivity index (χ4v) is 5.69. The Labute approximate surface area is 264 Å². The van der Waals surface area contributed by atoms with Crippen molar-refractivity contribution in [2.75, 3.05) is 5.75 Å². The predicted molar refractivity (Wildman–Crippen MR) is 167 cm³/mol. The zero-order chi connectivity index (χ0) is 29.5. The number of halogens is 3. The highest BCUT2D eigenvalue weighted by Gasteiger charge is 2.32. The van der Waals surface area contributed by atoms with Gasteiger partial charge in [-0.2, -0.15) is 0 Å². The highest BCUT2D eigenvalue weighted by Crippen LogP contribution is 2.39. The molecule has 0 spiro atoms. The van der Waals surface area contributed by atoms with Crippen molar-refractivity contribution in [3.05, 3.63) is 119 Å². The second-order valence-corrected chi connectivity index (χ2v) is 13.2. The lowest BCUT2D eigenvalue weighted by Gasteiger charge is -2.36.